The lowest BCUT2D eigenvalue weighted by atomic mass is 9.88. The molecule has 0 aromatic carbocycles. The smallest absolute Gasteiger partial charge is 0.464 e. The standard InChI is InChI=1S/C18H33NO10S/c1-5-9-27-17(23)28-11-7-10-26-16(22)15(21)18(3,4)13-29-30(24,25)12-6-8-19-14(2)20/h15,21H,5-13H2,1-4H3,(H,19,20)/t15-/m0/s1. The quantitative estimate of drug-likeness (QED) is 0.205. The molecule has 0 aliphatic heterocycles. The normalized spacial score (nSPS) is 12.7. The molecule has 0 bridgehead atoms. The maximum atomic E-state index is 12.0. The molecule has 176 valence electrons. The van der Waals surface area contributed by atoms with Crippen LogP contribution in [-0.4, -0.2) is 76.4 Å². The van der Waals surface area contributed by atoms with E-state index in [1.807, 2.05) is 6.92 Å². The number of aliphatic hydroxyl groups is 1. The first-order chi connectivity index (χ1) is 13.9. The minimum Gasteiger partial charge on any atom is -0.464 e. The van der Waals surface area contributed by atoms with Crippen LogP contribution in [0.3, 0.4) is 0 Å². The van der Waals surface area contributed by atoms with E-state index in [-0.39, 0.29) is 50.9 Å². The molecule has 1 atom stereocenters. The fourth-order valence-electron chi connectivity index (χ4n) is 1.91. The molecule has 0 aliphatic carbocycles. The summed E-state index contributed by atoms with van der Waals surface area (Å²) in [4.78, 5) is 33.9. The molecule has 0 aromatic rings. The van der Waals surface area contributed by atoms with Crippen molar-refractivity contribution in [1.29, 1.82) is 0 Å². The topological polar surface area (TPSA) is 155 Å². The van der Waals surface area contributed by atoms with Crippen LogP contribution in [0.2, 0.25) is 0 Å². The second kappa shape index (κ2) is 14.1. The summed E-state index contributed by atoms with van der Waals surface area (Å²) in [6.07, 6.45) is -1.38. The summed E-state index contributed by atoms with van der Waals surface area (Å²) in [6.45, 7) is 5.97. The van der Waals surface area contributed by atoms with E-state index in [9.17, 15) is 27.9 Å². The van der Waals surface area contributed by atoms with Gasteiger partial charge in [0.25, 0.3) is 10.1 Å². The zero-order valence-corrected chi connectivity index (χ0v) is 18.8. The summed E-state index contributed by atoms with van der Waals surface area (Å²) in [6, 6.07) is 0. The number of esters is 1. The number of carbonyl (C=O) groups excluding carboxylic acids is 3. The third-order valence-electron chi connectivity index (χ3n) is 3.70. The Morgan fingerprint density at radius 1 is 1.03 bits per heavy atom. The highest BCUT2D eigenvalue weighted by atomic mass is 32.2. The fraction of sp³-hybridized carbons (Fsp3) is 0.833. The van der Waals surface area contributed by atoms with Crippen molar-refractivity contribution in [2.45, 2.75) is 53.1 Å². The van der Waals surface area contributed by atoms with Crippen LogP contribution in [0.25, 0.3) is 0 Å². The Kier molecular flexibility index (Phi) is 13.2. The van der Waals surface area contributed by atoms with E-state index in [2.05, 4.69) is 5.32 Å². The van der Waals surface area contributed by atoms with Gasteiger partial charge in [0.2, 0.25) is 5.91 Å². The Labute approximate surface area is 177 Å². The third kappa shape index (κ3) is 13.3. The molecule has 0 fully saturated rings. The Morgan fingerprint density at radius 2 is 1.63 bits per heavy atom. The SMILES string of the molecule is CCCOC(=O)OCCCOC(=O)[C@H](O)C(C)(C)COS(=O)(=O)CCCNC(C)=O. The highest BCUT2D eigenvalue weighted by molar-refractivity contribution is 7.86. The van der Waals surface area contributed by atoms with Gasteiger partial charge in [-0.3, -0.25) is 8.98 Å². The number of hydrogen-bond donors (Lipinski definition) is 2. The molecule has 11 nitrogen and oxygen atoms in total. The van der Waals surface area contributed by atoms with Gasteiger partial charge in [0, 0.05) is 25.3 Å². The molecule has 0 unspecified atom stereocenters. The van der Waals surface area contributed by atoms with Gasteiger partial charge in [0.1, 0.15) is 0 Å². The molecule has 0 rings (SSSR count). The van der Waals surface area contributed by atoms with Gasteiger partial charge in [0.05, 0.1) is 32.2 Å². The van der Waals surface area contributed by atoms with Crippen LogP contribution >= 0.6 is 0 Å². The van der Waals surface area contributed by atoms with Crippen molar-refractivity contribution in [3.05, 3.63) is 0 Å². The van der Waals surface area contributed by atoms with E-state index in [0.717, 1.165) is 0 Å². The Balaban J connectivity index is 4.24. The third-order valence-corrected chi connectivity index (χ3v) is 4.96. The number of aliphatic hydroxyl groups excluding tert-OH is 1. The van der Waals surface area contributed by atoms with Crippen LogP contribution in [-0.2, 0) is 38.1 Å². The summed E-state index contributed by atoms with van der Waals surface area (Å²) in [5, 5.41) is 12.6. The molecule has 0 aromatic heterocycles. The largest absolute Gasteiger partial charge is 0.508 e. The molecule has 0 aliphatic rings. The van der Waals surface area contributed by atoms with Gasteiger partial charge in [-0.15, -0.1) is 0 Å². The van der Waals surface area contributed by atoms with Gasteiger partial charge in [-0.05, 0) is 12.8 Å². The first-order valence-electron chi connectivity index (χ1n) is 9.67. The molecule has 0 spiro atoms. The number of amides is 1. The van der Waals surface area contributed by atoms with E-state index in [1.54, 1.807) is 0 Å². The Morgan fingerprint density at radius 3 is 2.23 bits per heavy atom. The Hall–Kier alpha value is -1.92. The van der Waals surface area contributed by atoms with Crippen molar-refractivity contribution < 1.29 is 46.3 Å². The molecule has 1 amide bonds. The summed E-state index contributed by atoms with van der Waals surface area (Å²) >= 11 is 0. The van der Waals surface area contributed by atoms with Gasteiger partial charge in [-0.25, -0.2) is 9.59 Å². The fourth-order valence-corrected chi connectivity index (χ4v) is 3.00. The maximum Gasteiger partial charge on any atom is 0.508 e. The second-order valence-corrected chi connectivity index (χ2v) is 8.98. The van der Waals surface area contributed by atoms with Crippen LogP contribution in [0.1, 0.15) is 47.0 Å². The minimum absolute atomic E-state index is 0.0187. The predicted octanol–water partition coefficient (Wildman–Crippen LogP) is 0.743. The van der Waals surface area contributed by atoms with E-state index in [4.69, 9.17) is 18.4 Å². The van der Waals surface area contributed by atoms with Crippen molar-refractivity contribution in [3.63, 3.8) is 0 Å². The number of rotatable bonds is 15. The van der Waals surface area contributed by atoms with Gasteiger partial charge >= 0.3 is 12.1 Å². The van der Waals surface area contributed by atoms with Crippen molar-refractivity contribution >= 4 is 28.1 Å². The zero-order valence-electron chi connectivity index (χ0n) is 18.0. The highest BCUT2D eigenvalue weighted by Gasteiger charge is 2.36. The number of hydrogen-bond acceptors (Lipinski definition) is 10. The molecular weight excluding hydrogens is 422 g/mol. The minimum atomic E-state index is -3.89. The second-order valence-electron chi connectivity index (χ2n) is 7.22. The van der Waals surface area contributed by atoms with E-state index in [0.29, 0.717) is 6.42 Å². The van der Waals surface area contributed by atoms with Gasteiger partial charge < -0.3 is 24.6 Å². The molecular formula is C18H33NO10S. The van der Waals surface area contributed by atoms with E-state index < -0.39 is 40.4 Å². The van der Waals surface area contributed by atoms with Crippen LogP contribution in [0, 0.1) is 5.41 Å². The van der Waals surface area contributed by atoms with Gasteiger partial charge in [0.15, 0.2) is 6.10 Å². The molecule has 0 radical (unpaired) electrons. The van der Waals surface area contributed by atoms with Crippen molar-refractivity contribution in [2.24, 2.45) is 5.41 Å². The zero-order chi connectivity index (χ0) is 23.2. The molecule has 30 heavy (non-hydrogen) atoms. The number of ether oxygens (including phenoxy) is 3. The lowest BCUT2D eigenvalue weighted by Gasteiger charge is -2.28. The average Bonchev–Trinajstić information content (AvgIpc) is 2.67. The van der Waals surface area contributed by atoms with Crippen LogP contribution in [0.15, 0.2) is 0 Å². The van der Waals surface area contributed by atoms with Crippen LogP contribution in [0.4, 0.5) is 4.79 Å². The van der Waals surface area contributed by atoms with Gasteiger partial charge in [-0.2, -0.15) is 8.42 Å². The summed E-state index contributed by atoms with van der Waals surface area (Å²) in [5.41, 5.74) is -1.23. The maximum absolute atomic E-state index is 12.0. The van der Waals surface area contributed by atoms with E-state index in [1.165, 1.54) is 20.8 Å². The van der Waals surface area contributed by atoms with Crippen LogP contribution in [0.5, 0.6) is 0 Å². The molecule has 0 saturated heterocycles. The van der Waals surface area contributed by atoms with Gasteiger partial charge in [-0.1, -0.05) is 20.8 Å². The summed E-state index contributed by atoms with van der Waals surface area (Å²) in [5.74, 6) is -1.52. The lowest BCUT2D eigenvalue weighted by molar-refractivity contribution is -0.161. The number of nitrogens with one attached hydrogen (secondary N) is 1. The van der Waals surface area contributed by atoms with Crippen molar-refractivity contribution in [3.8, 4) is 0 Å². The first kappa shape index (κ1) is 28.1. The van der Waals surface area contributed by atoms with Crippen molar-refractivity contribution in [2.75, 3.05) is 38.7 Å². The lowest BCUT2D eigenvalue weighted by Crippen LogP contribution is -2.41. The first-order valence-corrected chi connectivity index (χ1v) is 11.2. The molecule has 12 heteroatoms. The monoisotopic (exact) mass is 455 g/mol. The molecule has 0 heterocycles. The van der Waals surface area contributed by atoms with E-state index >= 15 is 0 Å². The van der Waals surface area contributed by atoms with Crippen molar-refractivity contribution in [1.82, 2.24) is 5.32 Å². The Bertz CT molecular complexity index is 647. The average molecular weight is 456 g/mol. The predicted molar refractivity (Wildman–Crippen MR) is 106 cm³/mol. The highest BCUT2D eigenvalue weighted by Crippen LogP contribution is 2.23. The molecule has 0 saturated carbocycles. The summed E-state index contributed by atoms with van der Waals surface area (Å²) in [7, 11) is -3.89. The summed E-state index contributed by atoms with van der Waals surface area (Å²) < 4.78 is 43.1. The molecule has 2 N–H and O–H groups in total. The van der Waals surface area contributed by atoms with Crippen LogP contribution < -0.4 is 5.32 Å². The number of carbonyl (C=O) groups is 3.